The predicted octanol–water partition coefficient (Wildman–Crippen LogP) is 4.78. The summed E-state index contributed by atoms with van der Waals surface area (Å²) < 4.78 is 2.61. The molecular weight excluding hydrogens is 480 g/mol. The van der Waals surface area contributed by atoms with Crippen LogP contribution in [0, 0.1) is 0 Å². The topological polar surface area (TPSA) is 76.0 Å². The molecule has 33 heavy (non-hydrogen) atoms. The van der Waals surface area contributed by atoms with Gasteiger partial charge in [0, 0.05) is 30.0 Å². The summed E-state index contributed by atoms with van der Waals surface area (Å²) in [5.41, 5.74) is 1.49. The molecule has 0 bridgehead atoms. The Morgan fingerprint density at radius 2 is 1.79 bits per heavy atom. The monoisotopic (exact) mass is 502 g/mol. The third-order valence-corrected chi connectivity index (χ3v) is 5.86. The molecule has 0 aliphatic carbocycles. The zero-order valence-corrected chi connectivity index (χ0v) is 19.5. The van der Waals surface area contributed by atoms with Crippen molar-refractivity contribution >= 4 is 44.6 Å². The minimum atomic E-state index is -0.359. The Morgan fingerprint density at radius 1 is 1.00 bits per heavy atom. The van der Waals surface area contributed by atoms with Crippen LogP contribution in [0.5, 0.6) is 0 Å². The summed E-state index contributed by atoms with van der Waals surface area (Å²) in [7, 11) is 0. The molecule has 0 atom stereocenters. The number of carbonyl (C=O) groups excluding carboxylic acids is 2. The van der Waals surface area contributed by atoms with E-state index < -0.39 is 0 Å². The Labute approximate surface area is 200 Å². The van der Waals surface area contributed by atoms with Crippen molar-refractivity contribution in [2.45, 2.75) is 13.0 Å². The number of hydrogen-bond donors (Lipinski definition) is 2. The predicted molar refractivity (Wildman–Crippen MR) is 133 cm³/mol. The molecule has 1 aromatic heterocycles. The molecular formula is C26H23BrN4O2. The minimum absolute atomic E-state index is 0.190. The lowest BCUT2D eigenvalue weighted by Gasteiger charge is -2.13. The number of benzene rings is 3. The Balaban J connectivity index is 1.57. The largest absolute Gasteiger partial charge is 0.351 e. The van der Waals surface area contributed by atoms with Gasteiger partial charge in [0.05, 0.1) is 11.9 Å². The van der Waals surface area contributed by atoms with Crippen LogP contribution in [0.4, 0.5) is 0 Å². The van der Waals surface area contributed by atoms with Gasteiger partial charge in [-0.2, -0.15) is 0 Å². The third-order valence-electron chi connectivity index (χ3n) is 5.17. The summed E-state index contributed by atoms with van der Waals surface area (Å²) in [6, 6.07) is 20.9. The van der Waals surface area contributed by atoms with Crippen molar-refractivity contribution in [3.8, 4) is 0 Å². The van der Waals surface area contributed by atoms with Crippen molar-refractivity contribution in [3.63, 3.8) is 0 Å². The van der Waals surface area contributed by atoms with Crippen LogP contribution in [-0.4, -0.2) is 27.9 Å². The molecule has 0 radical (unpaired) electrons. The van der Waals surface area contributed by atoms with E-state index in [1.807, 2.05) is 59.3 Å². The van der Waals surface area contributed by atoms with Crippen LogP contribution >= 0.6 is 15.9 Å². The molecule has 7 heteroatoms. The molecule has 0 fully saturated rings. The van der Waals surface area contributed by atoms with Gasteiger partial charge >= 0.3 is 0 Å². The van der Waals surface area contributed by atoms with E-state index in [1.54, 1.807) is 36.8 Å². The molecule has 4 aromatic rings. The van der Waals surface area contributed by atoms with E-state index in [-0.39, 0.29) is 17.5 Å². The molecule has 166 valence electrons. The van der Waals surface area contributed by atoms with Crippen LogP contribution in [0.2, 0.25) is 0 Å². The number of halogens is 1. The maximum absolute atomic E-state index is 13.1. The first-order valence-electron chi connectivity index (χ1n) is 10.6. The van der Waals surface area contributed by atoms with Gasteiger partial charge < -0.3 is 15.2 Å². The lowest BCUT2D eigenvalue weighted by Crippen LogP contribution is -2.35. The maximum Gasteiger partial charge on any atom is 0.267 e. The van der Waals surface area contributed by atoms with E-state index in [9.17, 15) is 9.59 Å². The maximum atomic E-state index is 13.1. The molecule has 6 nitrogen and oxygen atoms in total. The fourth-order valence-corrected chi connectivity index (χ4v) is 3.97. The van der Waals surface area contributed by atoms with E-state index in [1.165, 1.54) is 0 Å². The molecule has 0 aliphatic rings. The number of fused-ring (bicyclic) bond motifs is 1. The molecule has 1 heterocycles. The average Bonchev–Trinajstić information content (AvgIpc) is 3.35. The van der Waals surface area contributed by atoms with Crippen LogP contribution in [-0.2, 0) is 11.3 Å². The van der Waals surface area contributed by atoms with Gasteiger partial charge in [-0.1, -0.05) is 54.6 Å². The zero-order valence-electron chi connectivity index (χ0n) is 17.9. The number of carbonyl (C=O) groups is 2. The first kappa shape index (κ1) is 22.5. The summed E-state index contributed by atoms with van der Waals surface area (Å²) in [5.74, 6) is -0.698. The highest BCUT2D eigenvalue weighted by Gasteiger charge is 2.16. The fraction of sp³-hybridized carbons (Fsp3) is 0.115. The number of nitrogens with zero attached hydrogens (tertiary/aromatic N) is 2. The quantitative estimate of drug-likeness (QED) is 0.269. The highest BCUT2D eigenvalue weighted by Crippen LogP contribution is 2.21. The van der Waals surface area contributed by atoms with E-state index in [4.69, 9.17) is 0 Å². The summed E-state index contributed by atoms with van der Waals surface area (Å²) in [5, 5.41) is 7.78. The van der Waals surface area contributed by atoms with Crippen molar-refractivity contribution in [2.24, 2.45) is 0 Å². The van der Waals surface area contributed by atoms with Crippen molar-refractivity contribution in [1.82, 2.24) is 20.2 Å². The van der Waals surface area contributed by atoms with Gasteiger partial charge in [0.15, 0.2) is 0 Å². The fourth-order valence-electron chi connectivity index (χ4n) is 3.50. The first-order chi connectivity index (χ1) is 16.1. The van der Waals surface area contributed by atoms with Crippen LogP contribution in [0.15, 0.2) is 95.6 Å². The van der Waals surface area contributed by atoms with Crippen LogP contribution in [0.25, 0.3) is 16.8 Å². The van der Waals surface area contributed by atoms with E-state index in [0.29, 0.717) is 16.6 Å². The smallest absolute Gasteiger partial charge is 0.267 e. The van der Waals surface area contributed by atoms with Crippen molar-refractivity contribution < 1.29 is 9.59 Å². The highest BCUT2D eigenvalue weighted by atomic mass is 79.9. The summed E-state index contributed by atoms with van der Waals surface area (Å²) >= 11 is 3.41. The SMILES string of the molecule is O=C(NCCCn1ccnc1)/C(=C\c1cccc2ccccc12)NC(=O)c1ccccc1Br. The number of amides is 2. The molecule has 2 N–H and O–H groups in total. The molecule has 2 amide bonds. The van der Waals surface area contributed by atoms with E-state index in [2.05, 4.69) is 31.5 Å². The average molecular weight is 503 g/mol. The molecule has 0 aliphatic heterocycles. The number of imidazole rings is 1. The Bertz CT molecular complexity index is 1290. The van der Waals surface area contributed by atoms with Crippen LogP contribution in [0.1, 0.15) is 22.3 Å². The molecule has 0 saturated carbocycles. The number of nitrogens with one attached hydrogen (secondary N) is 2. The van der Waals surface area contributed by atoms with E-state index in [0.717, 1.165) is 29.3 Å². The Kier molecular flexibility index (Phi) is 7.32. The summed E-state index contributed by atoms with van der Waals surface area (Å²) in [4.78, 5) is 30.0. The first-order valence-corrected chi connectivity index (χ1v) is 11.4. The standard InChI is InChI=1S/C26H23BrN4O2/c27-23-12-4-3-11-22(23)25(32)30-24(26(33)29-13-6-15-31-16-14-28-18-31)17-20-9-5-8-19-7-1-2-10-21(19)20/h1-5,7-12,14,16-18H,6,13,15H2,(H,29,33)(H,30,32)/b24-17+. The normalized spacial score (nSPS) is 11.4. The van der Waals surface area contributed by atoms with Gasteiger partial charge in [0.1, 0.15) is 5.70 Å². The third kappa shape index (κ3) is 5.75. The molecule has 4 rings (SSSR count). The van der Waals surface area contributed by atoms with Crippen LogP contribution in [0.3, 0.4) is 0 Å². The number of aromatic nitrogens is 2. The van der Waals surface area contributed by atoms with Gasteiger partial charge in [-0.25, -0.2) is 4.98 Å². The Morgan fingerprint density at radius 3 is 2.61 bits per heavy atom. The molecule has 0 unspecified atom stereocenters. The second-order valence-electron chi connectivity index (χ2n) is 7.47. The van der Waals surface area contributed by atoms with Gasteiger partial charge in [-0.05, 0) is 56.9 Å². The Hall–Kier alpha value is -3.71. The minimum Gasteiger partial charge on any atom is -0.351 e. The van der Waals surface area contributed by atoms with Gasteiger partial charge in [-0.3, -0.25) is 9.59 Å². The molecule has 0 spiro atoms. The van der Waals surface area contributed by atoms with Crippen molar-refractivity contribution in [3.05, 3.63) is 107 Å². The number of hydrogen-bond acceptors (Lipinski definition) is 3. The molecule has 0 saturated heterocycles. The van der Waals surface area contributed by atoms with Crippen molar-refractivity contribution in [1.29, 1.82) is 0 Å². The second-order valence-corrected chi connectivity index (χ2v) is 8.32. The van der Waals surface area contributed by atoms with E-state index >= 15 is 0 Å². The summed E-state index contributed by atoms with van der Waals surface area (Å²) in [6.07, 6.45) is 7.81. The van der Waals surface area contributed by atoms with Gasteiger partial charge in [-0.15, -0.1) is 0 Å². The van der Waals surface area contributed by atoms with Crippen LogP contribution < -0.4 is 10.6 Å². The zero-order chi connectivity index (χ0) is 23.0. The highest BCUT2D eigenvalue weighted by molar-refractivity contribution is 9.10. The number of rotatable bonds is 8. The second kappa shape index (κ2) is 10.7. The van der Waals surface area contributed by atoms with Gasteiger partial charge in [0.2, 0.25) is 0 Å². The lowest BCUT2D eigenvalue weighted by molar-refractivity contribution is -0.117. The molecule has 3 aromatic carbocycles. The lowest BCUT2D eigenvalue weighted by atomic mass is 10.0. The van der Waals surface area contributed by atoms with Gasteiger partial charge in [0.25, 0.3) is 11.8 Å². The number of aryl methyl sites for hydroxylation is 1. The van der Waals surface area contributed by atoms with Crippen molar-refractivity contribution in [2.75, 3.05) is 6.54 Å². The summed E-state index contributed by atoms with van der Waals surface area (Å²) in [6.45, 7) is 1.21.